The number of rotatable bonds is 5. The van der Waals surface area contributed by atoms with Crippen molar-refractivity contribution < 1.29 is 4.79 Å². The predicted molar refractivity (Wildman–Crippen MR) is 82.9 cm³/mol. The van der Waals surface area contributed by atoms with Crippen LogP contribution in [0.15, 0.2) is 18.2 Å². The van der Waals surface area contributed by atoms with E-state index in [1.54, 1.807) is 0 Å². The maximum absolute atomic E-state index is 12.3. The molecule has 0 saturated carbocycles. The first kappa shape index (κ1) is 15.0. The van der Waals surface area contributed by atoms with Gasteiger partial charge in [0.15, 0.2) is 0 Å². The van der Waals surface area contributed by atoms with Crippen LogP contribution in [0, 0.1) is 5.92 Å². The predicted octanol–water partition coefficient (Wildman–Crippen LogP) is 2.89. The van der Waals surface area contributed by atoms with Crippen LogP contribution in [0.5, 0.6) is 0 Å². The second-order valence-electron chi connectivity index (χ2n) is 6.26. The minimum Gasteiger partial charge on any atom is -0.350 e. The molecule has 0 spiro atoms. The number of benzene rings is 1. The lowest BCUT2D eigenvalue weighted by Crippen LogP contribution is -2.33. The molecular weight excluding hydrogens is 248 g/mol. The van der Waals surface area contributed by atoms with Gasteiger partial charge in [-0.15, -0.1) is 0 Å². The molecule has 0 aromatic heterocycles. The number of amides is 1. The second kappa shape index (κ2) is 6.89. The van der Waals surface area contributed by atoms with E-state index in [9.17, 15) is 4.79 Å². The van der Waals surface area contributed by atoms with Crippen molar-refractivity contribution in [1.82, 2.24) is 10.6 Å². The number of hydrogen-bond acceptors (Lipinski definition) is 2. The maximum atomic E-state index is 12.3. The summed E-state index contributed by atoms with van der Waals surface area (Å²) in [6.07, 6.45) is 3.24. The van der Waals surface area contributed by atoms with E-state index in [1.165, 1.54) is 11.1 Å². The molecule has 1 heterocycles. The van der Waals surface area contributed by atoms with Crippen LogP contribution in [0.3, 0.4) is 0 Å². The van der Waals surface area contributed by atoms with Gasteiger partial charge in [0.1, 0.15) is 0 Å². The summed E-state index contributed by atoms with van der Waals surface area (Å²) >= 11 is 0. The minimum absolute atomic E-state index is 0.0506. The van der Waals surface area contributed by atoms with Crippen LogP contribution in [0.25, 0.3) is 0 Å². The van der Waals surface area contributed by atoms with Crippen molar-refractivity contribution in [2.75, 3.05) is 6.54 Å². The zero-order valence-electron chi connectivity index (χ0n) is 12.8. The molecule has 1 unspecified atom stereocenters. The lowest BCUT2D eigenvalue weighted by atomic mass is 9.98. The molecule has 1 aliphatic rings. The Kier molecular flexibility index (Phi) is 5.18. The Morgan fingerprint density at radius 2 is 2.05 bits per heavy atom. The van der Waals surface area contributed by atoms with E-state index >= 15 is 0 Å². The van der Waals surface area contributed by atoms with Crippen molar-refractivity contribution >= 4 is 5.91 Å². The molecule has 0 saturated heterocycles. The minimum atomic E-state index is 0.0506. The second-order valence-corrected chi connectivity index (χ2v) is 6.26. The average molecular weight is 274 g/mol. The molecule has 2 rings (SSSR count). The lowest BCUT2D eigenvalue weighted by Gasteiger charge is -2.19. The summed E-state index contributed by atoms with van der Waals surface area (Å²) in [4.78, 5) is 12.3. The highest BCUT2D eigenvalue weighted by Crippen LogP contribution is 2.16. The molecule has 1 amide bonds. The maximum Gasteiger partial charge on any atom is 0.251 e. The van der Waals surface area contributed by atoms with Crippen molar-refractivity contribution in [3.63, 3.8) is 0 Å². The van der Waals surface area contributed by atoms with Crippen LogP contribution in [-0.4, -0.2) is 18.5 Å². The molecule has 1 aromatic carbocycles. The van der Waals surface area contributed by atoms with Gasteiger partial charge in [-0.2, -0.15) is 0 Å². The standard InChI is InChI=1S/C17H26N2O/c1-12(2)4-5-13(3)19-17(20)15-7-6-14-8-9-18-11-16(14)10-15/h6-7,10,12-13,18H,4-5,8-9,11H2,1-3H3,(H,19,20). The van der Waals surface area contributed by atoms with Crippen molar-refractivity contribution in [3.8, 4) is 0 Å². The van der Waals surface area contributed by atoms with E-state index in [4.69, 9.17) is 0 Å². The monoisotopic (exact) mass is 274 g/mol. The Labute approximate surface area is 122 Å². The van der Waals surface area contributed by atoms with Crippen LogP contribution >= 0.6 is 0 Å². The highest BCUT2D eigenvalue weighted by molar-refractivity contribution is 5.94. The van der Waals surface area contributed by atoms with Gasteiger partial charge in [-0.25, -0.2) is 0 Å². The van der Waals surface area contributed by atoms with Crippen molar-refractivity contribution in [2.45, 2.75) is 52.6 Å². The van der Waals surface area contributed by atoms with Gasteiger partial charge in [-0.3, -0.25) is 4.79 Å². The van der Waals surface area contributed by atoms with Crippen molar-refractivity contribution in [2.24, 2.45) is 5.92 Å². The van der Waals surface area contributed by atoms with E-state index in [0.717, 1.165) is 37.9 Å². The van der Waals surface area contributed by atoms with Crippen molar-refractivity contribution in [3.05, 3.63) is 34.9 Å². The molecule has 1 aromatic rings. The molecule has 1 aliphatic heterocycles. The number of nitrogens with one attached hydrogen (secondary N) is 2. The number of hydrogen-bond donors (Lipinski definition) is 2. The zero-order chi connectivity index (χ0) is 14.5. The summed E-state index contributed by atoms with van der Waals surface area (Å²) in [7, 11) is 0. The molecule has 1 atom stereocenters. The summed E-state index contributed by atoms with van der Waals surface area (Å²) in [5, 5.41) is 6.45. The van der Waals surface area contributed by atoms with Crippen molar-refractivity contribution in [1.29, 1.82) is 0 Å². The molecule has 0 radical (unpaired) electrons. The van der Waals surface area contributed by atoms with Gasteiger partial charge in [-0.05, 0) is 61.9 Å². The van der Waals surface area contributed by atoms with Gasteiger partial charge < -0.3 is 10.6 Å². The molecule has 110 valence electrons. The fraction of sp³-hybridized carbons (Fsp3) is 0.588. The fourth-order valence-electron chi connectivity index (χ4n) is 2.58. The van der Waals surface area contributed by atoms with Gasteiger partial charge in [0.25, 0.3) is 5.91 Å². The number of carbonyl (C=O) groups excluding carboxylic acids is 1. The van der Waals surface area contributed by atoms with Crippen LogP contribution in [0.1, 0.15) is 55.1 Å². The fourth-order valence-corrected chi connectivity index (χ4v) is 2.58. The largest absolute Gasteiger partial charge is 0.350 e. The summed E-state index contributed by atoms with van der Waals surface area (Å²) in [6, 6.07) is 6.32. The Morgan fingerprint density at radius 3 is 2.80 bits per heavy atom. The number of fused-ring (bicyclic) bond motifs is 1. The summed E-state index contributed by atoms with van der Waals surface area (Å²) in [5.74, 6) is 0.735. The Hall–Kier alpha value is -1.35. The van der Waals surface area contributed by atoms with Gasteiger partial charge in [0.05, 0.1) is 0 Å². The number of carbonyl (C=O) groups is 1. The molecule has 0 bridgehead atoms. The molecular formula is C17H26N2O. The molecule has 20 heavy (non-hydrogen) atoms. The third-order valence-electron chi connectivity index (χ3n) is 3.91. The van der Waals surface area contributed by atoms with Crippen LogP contribution in [0.4, 0.5) is 0 Å². The van der Waals surface area contributed by atoms with Crippen LogP contribution in [0.2, 0.25) is 0 Å². The highest BCUT2D eigenvalue weighted by Gasteiger charge is 2.14. The van der Waals surface area contributed by atoms with E-state index in [2.05, 4.69) is 37.5 Å². The normalized spacial score (nSPS) is 15.8. The van der Waals surface area contributed by atoms with Gasteiger partial charge >= 0.3 is 0 Å². The molecule has 2 N–H and O–H groups in total. The smallest absolute Gasteiger partial charge is 0.251 e. The first-order valence-electron chi connectivity index (χ1n) is 7.69. The van der Waals surface area contributed by atoms with E-state index in [0.29, 0.717) is 5.92 Å². The first-order valence-corrected chi connectivity index (χ1v) is 7.69. The third-order valence-corrected chi connectivity index (χ3v) is 3.91. The summed E-state index contributed by atoms with van der Waals surface area (Å²) in [5.41, 5.74) is 3.41. The summed E-state index contributed by atoms with van der Waals surface area (Å²) in [6.45, 7) is 8.42. The van der Waals surface area contributed by atoms with Gasteiger partial charge in [-0.1, -0.05) is 19.9 Å². The molecule has 3 nitrogen and oxygen atoms in total. The Bertz CT molecular complexity index is 468. The summed E-state index contributed by atoms with van der Waals surface area (Å²) < 4.78 is 0. The SMILES string of the molecule is CC(C)CCC(C)NC(=O)c1ccc2c(c1)CNCC2. The van der Waals surface area contributed by atoms with E-state index in [-0.39, 0.29) is 11.9 Å². The third kappa shape index (κ3) is 4.07. The van der Waals surface area contributed by atoms with Gasteiger partial charge in [0, 0.05) is 18.2 Å². The quantitative estimate of drug-likeness (QED) is 0.867. The molecule has 0 aliphatic carbocycles. The van der Waals surface area contributed by atoms with Crippen LogP contribution < -0.4 is 10.6 Å². The lowest BCUT2D eigenvalue weighted by molar-refractivity contribution is 0.0937. The Balaban J connectivity index is 1.95. The molecule has 3 heteroatoms. The average Bonchev–Trinajstić information content (AvgIpc) is 2.44. The molecule has 0 fully saturated rings. The van der Waals surface area contributed by atoms with Gasteiger partial charge in [0.2, 0.25) is 0 Å². The highest BCUT2D eigenvalue weighted by atomic mass is 16.1. The first-order chi connectivity index (χ1) is 9.56. The topological polar surface area (TPSA) is 41.1 Å². The Morgan fingerprint density at radius 1 is 1.25 bits per heavy atom. The zero-order valence-corrected chi connectivity index (χ0v) is 12.8. The van der Waals surface area contributed by atoms with E-state index in [1.807, 2.05) is 12.1 Å². The van der Waals surface area contributed by atoms with E-state index < -0.39 is 0 Å². The van der Waals surface area contributed by atoms with Crippen LogP contribution in [-0.2, 0) is 13.0 Å².